The van der Waals surface area contributed by atoms with Gasteiger partial charge in [-0.15, -0.1) is 0 Å². The van der Waals surface area contributed by atoms with E-state index in [0.717, 1.165) is 37.8 Å². The van der Waals surface area contributed by atoms with E-state index in [-0.39, 0.29) is 28.8 Å². The van der Waals surface area contributed by atoms with Crippen molar-refractivity contribution in [3.05, 3.63) is 36.0 Å². The standard InChI is InChI=1S/C21H30N4O5S2/c22-31(27,28)19-8-10-20(11-9-19)32(29,30)24-14-12-23(13-15-24)16-21(26)25(18-6-7-18)17-4-2-1-3-5-17/h4,8-11,18H,1-3,5-7,12-16H2,(H2,22,27,28). The molecule has 0 spiro atoms. The molecule has 0 unspecified atom stereocenters. The van der Waals surface area contributed by atoms with E-state index in [1.54, 1.807) is 0 Å². The van der Waals surface area contributed by atoms with Crippen LogP contribution in [0.5, 0.6) is 0 Å². The first-order chi connectivity index (χ1) is 15.2. The van der Waals surface area contributed by atoms with Gasteiger partial charge in [0.05, 0.1) is 16.3 Å². The second-order valence-electron chi connectivity index (χ2n) is 8.63. The molecule has 1 amide bonds. The van der Waals surface area contributed by atoms with Crippen LogP contribution in [0.1, 0.15) is 38.5 Å². The Hall–Kier alpha value is -1.79. The van der Waals surface area contributed by atoms with Crippen LogP contribution >= 0.6 is 0 Å². The summed E-state index contributed by atoms with van der Waals surface area (Å²) in [5.41, 5.74) is 1.16. The summed E-state index contributed by atoms with van der Waals surface area (Å²) >= 11 is 0. The Morgan fingerprint density at radius 2 is 1.59 bits per heavy atom. The molecule has 0 bridgehead atoms. The Balaban J connectivity index is 1.36. The van der Waals surface area contributed by atoms with Gasteiger partial charge < -0.3 is 4.90 Å². The molecule has 11 heteroatoms. The maximum absolute atomic E-state index is 13.1. The molecule has 9 nitrogen and oxygen atoms in total. The molecule has 1 heterocycles. The predicted molar refractivity (Wildman–Crippen MR) is 119 cm³/mol. The third-order valence-electron chi connectivity index (χ3n) is 6.24. The fourth-order valence-electron chi connectivity index (χ4n) is 4.32. The van der Waals surface area contributed by atoms with Gasteiger partial charge in [0.15, 0.2) is 0 Å². The summed E-state index contributed by atoms with van der Waals surface area (Å²) in [6.07, 6.45) is 8.59. The van der Waals surface area contributed by atoms with Gasteiger partial charge in [-0.25, -0.2) is 22.0 Å². The molecule has 2 aliphatic carbocycles. The first kappa shape index (κ1) is 23.4. The zero-order chi connectivity index (χ0) is 22.9. The molecule has 1 aliphatic heterocycles. The number of nitrogens with zero attached hydrogens (tertiary/aromatic N) is 3. The number of sulfonamides is 2. The summed E-state index contributed by atoms with van der Waals surface area (Å²) in [6, 6.07) is 5.24. The van der Waals surface area contributed by atoms with E-state index in [4.69, 9.17) is 5.14 Å². The molecular weight excluding hydrogens is 452 g/mol. The van der Waals surface area contributed by atoms with Crippen molar-refractivity contribution in [1.29, 1.82) is 0 Å². The van der Waals surface area contributed by atoms with Crippen LogP contribution in [0, 0.1) is 0 Å². The highest BCUT2D eigenvalue weighted by atomic mass is 32.2. The van der Waals surface area contributed by atoms with Crippen LogP contribution in [0.15, 0.2) is 45.8 Å². The second kappa shape index (κ2) is 9.22. The molecule has 0 atom stereocenters. The summed E-state index contributed by atoms with van der Waals surface area (Å²) in [6.45, 7) is 1.79. The fraction of sp³-hybridized carbons (Fsp3) is 0.571. The highest BCUT2D eigenvalue weighted by Crippen LogP contribution is 2.34. The zero-order valence-corrected chi connectivity index (χ0v) is 19.7. The Morgan fingerprint density at radius 3 is 2.12 bits per heavy atom. The average Bonchev–Trinajstić information content (AvgIpc) is 3.59. The van der Waals surface area contributed by atoms with Gasteiger partial charge in [-0.1, -0.05) is 6.08 Å². The zero-order valence-electron chi connectivity index (χ0n) is 18.0. The number of allylic oxidation sites excluding steroid dienone is 2. The first-order valence-corrected chi connectivity index (χ1v) is 14.0. The van der Waals surface area contributed by atoms with Crippen molar-refractivity contribution in [1.82, 2.24) is 14.1 Å². The van der Waals surface area contributed by atoms with E-state index in [9.17, 15) is 21.6 Å². The molecule has 1 aromatic carbocycles. The molecule has 4 rings (SSSR count). The molecule has 0 radical (unpaired) electrons. The van der Waals surface area contributed by atoms with Crippen molar-refractivity contribution < 1.29 is 21.6 Å². The summed E-state index contributed by atoms with van der Waals surface area (Å²) in [5, 5.41) is 5.08. The van der Waals surface area contributed by atoms with E-state index in [0.29, 0.717) is 25.7 Å². The van der Waals surface area contributed by atoms with Crippen LogP contribution < -0.4 is 5.14 Å². The highest BCUT2D eigenvalue weighted by molar-refractivity contribution is 7.89. The number of carbonyl (C=O) groups excluding carboxylic acids is 1. The van der Waals surface area contributed by atoms with Crippen LogP contribution in [0.4, 0.5) is 0 Å². The van der Waals surface area contributed by atoms with Crippen molar-refractivity contribution in [3.63, 3.8) is 0 Å². The Bertz CT molecular complexity index is 1090. The number of benzene rings is 1. The average molecular weight is 483 g/mol. The van der Waals surface area contributed by atoms with Crippen molar-refractivity contribution in [3.8, 4) is 0 Å². The van der Waals surface area contributed by atoms with Gasteiger partial charge in [0, 0.05) is 37.9 Å². The van der Waals surface area contributed by atoms with Gasteiger partial charge in [-0.05, 0) is 62.8 Å². The minimum atomic E-state index is -3.88. The summed E-state index contributed by atoms with van der Waals surface area (Å²) < 4.78 is 50.0. The van der Waals surface area contributed by atoms with Crippen molar-refractivity contribution in [2.45, 2.75) is 54.4 Å². The van der Waals surface area contributed by atoms with Gasteiger partial charge in [0.1, 0.15) is 0 Å². The lowest BCUT2D eigenvalue weighted by Crippen LogP contribution is -2.51. The molecule has 32 heavy (non-hydrogen) atoms. The third kappa shape index (κ3) is 5.23. The number of rotatable bonds is 7. The lowest BCUT2D eigenvalue weighted by molar-refractivity contribution is -0.131. The minimum Gasteiger partial charge on any atom is -0.312 e. The third-order valence-corrected chi connectivity index (χ3v) is 9.08. The molecular formula is C21H30N4O5S2. The van der Waals surface area contributed by atoms with Gasteiger partial charge >= 0.3 is 0 Å². The molecule has 3 aliphatic rings. The lowest BCUT2D eigenvalue weighted by Gasteiger charge is -2.35. The largest absolute Gasteiger partial charge is 0.312 e. The lowest BCUT2D eigenvalue weighted by atomic mass is 10.0. The van der Waals surface area contributed by atoms with Gasteiger partial charge in [-0.2, -0.15) is 4.31 Å². The van der Waals surface area contributed by atoms with Crippen LogP contribution in [-0.4, -0.2) is 75.6 Å². The van der Waals surface area contributed by atoms with Gasteiger partial charge in [-0.3, -0.25) is 9.69 Å². The fourth-order valence-corrected chi connectivity index (χ4v) is 6.25. The summed E-state index contributed by atoms with van der Waals surface area (Å²) in [5.74, 6) is 0.107. The normalized spacial score (nSPS) is 21.2. The molecule has 176 valence electrons. The molecule has 2 N–H and O–H groups in total. The van der Waals surface area contributed by atoms with Crippen LogP contribution in [0.2, 0.25) is 0 Å². The Labute approximate surface area is 190 Å². The predicted octanol–water partition coefficient (Wildman–Crippen LogP) is 1.09. The first-order valence-electron chi connectivity index (χ1n) is 11.0. The molecule has 2 fully saturated rings. The van der Waals surface area contributed by atoms with E-state index >= 15 is 0 Å². The number of amides is 1. The van der Waals surface area contributed by atoms with Crippen molar-refractivity contribution >= 4 is 26.0 Å². The van der Waals surface area contributed by atoms with Crippen LogP contribution in [0.3, 0.4) is 0 Å². The topological polar surface area (TPSA) is 121 Å². The van der Waals surface area contributed by atoms with E-state index < -0.39 is 20.0 Å². The maximum atomic E-state index is 13.1. The van der Waals surface area contributed by atoms with E-state index in [1.807, 2.05) is 9.80 Å². The number of primary sulfonamides is 1. The maximum Gasteiger partial charge on any atom is 0.243 e. The van der Waals surface area contributed by atoms with Crippen LogP contribution in [-0.2, 0) is 24.8 Å². The Morgan fingerprint density at radius 1 is 0.969 bits per heavy atom. The molecule has 1 saturated heterocycles. The number of nitrogens with two attached hydrogens (primary N) is 1. The number of hydrogen-bond donors (Lipinski definition) is 1. The minimum absolute atomic E-state index is 0.0265. The quantitative estimate of drug-likeness (QED) is 0.621. The summed E-state index contributed by atoms with van der Waals surface area (Å²) in [7, 11) is -7.63. The van der Waals surface area contributed by atoms with Gasteiger partial charge in [0.2, 0.25) is 26.0 Å². The van der Waals surface area contributed by atoms with Crippen molar-refractivity contribution in [2.24, 2.45) is 5.14 Å². The van der Waals surface area contributed by atoms with Crippen LogP contribution in [0.25, 0.3) is 0 Å². The summed E-state index contributed by atoms with van der Waals surface area (Å²) in [4.78, 5) is 17.0. The number of hydrogen-bond acceptors (Lipinski definition) is 6. The monoisotopic (exact) mass is 482 g/mol. The second-order valence-corrected chi connectivity index (χ2v) is 12.1. The molecule has 0 aromatic heterocycles. The molecule has 1 saturated carbocycles. The SMILES string of the molecule is NS(=O)(=O)c1ccc(S(=O)(=O)N2CCN(CC(=O)N(C3=CCCCC3)C3CC3)CC2)cc1. The van der Waals surface area contributed by atoms with Gasteiger partial charge in [0.25, 0.3) is 0 Å². The van der Waals surface area contributed by atoms with Crippen molar-refractivity contribution in [2.75, 3.05) is 32.7 Å². The highest BCUT2D eigenvalue weighted by Gasteiger charge is 2.36. The number of carbonyl (C=O) groups is 1. The Kier molecular flexibility index (Phi) is 6.73. The molecule has 1 aromatic rings. The van der Waals surface area contributed by atoms with E-state index in [2.05, 4.69) is 6.08 Å². The smallest absolute Gasteiger partial charge is 0.243 e. The van der Waals surface area contributed by atoms with E-state index in [1.165, 1.54) is 35.0 Å². The number of piperazine rings is 1.